The highest BCUT2D eigenvalue weighted by Gasteiger charge is 2.26. The molecular formula is C20H24ClFNO3P. The molecule has 0 aliphatic heterocycles. The van der Waals surface area contributed by atoms with E-state index in [0.717, 1.165) is 23.2 Å². The summed E-state index contributed by atoms with van der Waals surface area (Å²) < 4.78 is 21.9. The molecule has 0 bridgehead atoms. The maximum atomic E-state index is 14.7. The number of hydrogen-bond acceptors (Lipinski definition) is 3. The number of benzene rings is 1. The van der Waals surface area contributed by atoms with Gasteiger partial charge in [0.15, 0.2) is 0 Å². The van der Waals surface area contributed by atoms with Crippen LogP contribution in [0.15, 0.2) is 18.2 Å². The van der Waals surface area contributed by atoms with Crippen molar-refractivity contribution in [1.29, 1.82) is 0 Å². The van der Waals surface area contributed by atoms with Gasteiger partial charge in [-0.2, -0.15) is 0 Å². The van der Waals surface area contributed by atoms with E-state index >= 15 is 0 Å². The fourth-order valence-corrected chi connectivity index (χ4v) is 4.50. The maximum Gasteiger partial charge on any atom is 0.206 e. The van der Waals surface area contributed by atoms with Crippen LogP contribution >= 0.6 is 20.2 Å². The largest absolute Gasteiger partial charge is 0.494 e. The molecule has 3 rings (SSSR count). The van der Waals surface area contributed by atoms with Crippen LogP contribution in [-0.4, -0.2) is 26.8 Å². The Kier molecular flexibility index (Phi) is 6.02. The van der Waals surface area contributed by atoms with Crippen LogP contribution in [0, 0.1) is 11.7 Å². The second-order valence-corrected chi connectivity index (χ2v) is 8.98. The van der Waals surface area contributed by atoms with Crippen molar-refractivity contribution in [3.8, 4) is 23.2 Å². The van der Waals surface area contributed by atoms with Crippen LogP contribution < -0.4 is 4.74 Å². The molecule has 27 heavy (non-hydrogen) atoms. The van der Waals surface area contributed by atoms with Crippen LogP contribution in [0.3, 0.4) is 0 Å². The normalized spacial score (nSPS) is 14.9. The Hall–Kier alpha value is -1.71. The Labute approximate surface area is 165 Å². The van der Waals surface area contributed by atoms with Crippen molar-refractivity contribution in [3.05, 3.63) is 40.2 Å². The van der Waals surface area contributed by atoms with Gasteiger partial charge in [0.25, 0.3) is 0 Å². The summed E-state index contributed by atoms with van der Waals surface area (Å²) in [5.74, 6) is -0.411. The van der Waals surface area contributed by atoms with Gasteiger partial charge in [0.05, 0.1) is 10.7 Å². The van der Waals surface area contributed by atoms with Crippen LogP contribution in [0.1, 0.15) is 38.3 Å². The number of fused-ring (bicyclic) bond motifs is 1. The first kappa shape index (κ1) is 20.0. The van der Waals surface area contributed by atoms with Gasteiger partial charge in [-0.15, -0.1) is 0 Å². The van der Waals surface area contributed by atoms with E-state index < -0.39 is 5.82 Å². The number of halogens is 2. The average molecular weight is 412 g/mol. The standard InChI is InChI=1S/C20H24ClFNO3P/c1-4-27-20(11(2)3)26-17-10-16(15(22)9-14(17)21)23-18(24)12-7-5-6-8-13(12)19(23)25/h5,7,9-11,20,24-25,27H,4,6,8H2,1-3H3. The highest BCUT2D eigenvalue weighted by atomic mass is 35.5. The number of hydrogen-bond donors (Lipinski definition) is 2. The number of nitrogens with zero attached hydrogens (tertiary/aromatic N) is 1. The molecule has 2 unspecified atom stereocenters. The molecule has 2 N–H and O–H groups in total. The Bertz CT molecular complexity index is 879. The maximum absolute atomic E-state index is 14.7. The van der Waals surface area contributed by atoms with Gasteiger partial charge in [-0.25, -0.2) is 8.96 Å². The van der Waals surface area contributed by atoms with Gasteiger partial charge in [-0.05, 0) is 31.0 Å². The summed E-state index contributed by atoms with van der Waals surface area (Å²) in [4.78, 5) is 0. The van der Waals surface area contributed by atoms with Crippen LogP contribution in [0.2, 0.25) is 5.02 Å². The molecule has 0 saturated carbocycles. The van der Waals surface area contributed by atoms with Crippen molar-refractivity contribution >= 4 is 26.3 Å². The lowest BCUT2D eigenvalue weighted by molar-refractivity contribution is 0.233. The summed E-state index contributed by atoms with van der Waals surface area (Å²) in [5.41, 5.74) is 1.14. The van der Waals surface area contributed by atoms with Gasteiger partial charge >= 0.3 is 0 Å². The topological polar surface area (TPSA) is 54.6 Å². The number of rotatable bonds is 6. The molecular weight excluding hydrogens is 388 g/mol. The van der Waals surface area contributed by atoms with E-state index in [1.165, 1.54) is 6.07 Å². The Morgan fingerprint density at radius 1 is 1.30 bits per heavy atom. The van der Waals surface area contributed by atoms with Gasteiger partial charge < -0.3 is 14.9 Å². The van der Waals surface area contributed by atoms with Crippen molar-refractivity contribution in [2.24, 2.45) is 5.92 Å². The van der Waals surface area contributed by atoms with E-state index in [0.29, 0.717) is 31.9 Å². The minimum absolute atomic E-state index is 0.00883. The lowest BCUT2D eigenvalue weighted by Crippen LogP contribution is -2.18. The lowest BCUT2D eigenvalue weighted by atomic mass is 10.0. The van der Waals surface area contributed by atoms with Gasteiger partial charge in [0, 0.05) is 17.2 Å². The minimum Gasteiger partial charge on any atom is -0.494 e. The van der Waals surface area contributed by atoms with E-state index in [9.17, 15) is 14.6 Å². The second kappa shape index (κ2) is 8.12. The number of ether oxygens (including phenoxy) is 1. The van der Waals surface area contributed by atoms with Crippen molar-refractivity contribution in [2.75, 3.05) is 6.16 Å². The predicted molar refractivity (Wildman–Crippen MR) is 110 cm³/mol. The molecule has 4 nitrogen and oxygen atoms in total. The van der Waals surface area contributed by atoms with E-state index in [-0.39, 0.29) is 34.2 Å². The SMILES string of the molecule is CCPC(Oc1cc(-n2c(O)c3c(c2O)CCC=C3)c(F)cc1Cl)C(C)C. The first-order chi connectivity index (χ1) is 12.8. The molecule has 0 radical (unpaired) electrons. The van der Waals surface area contributed by atoms with Crippen LogP contribution in [0.5, 0.6) is 17.5 Å². The molecule has 0 amide bonds. The average Bonchev–Trinajstić information content (AvgIpc) is 2.88. The zero-order chi connectivity index (χ0) is 19.7. The Balaban J connectivity index is 2.08. The zero-order valence-electron chi connectivity index (χ0n) is 15.6. The monoisotopic (exact) mass is 411 g/mol. The molecule has 1 aromatic carbocycles. The van der Waals surface area contributed by atoms with E-state index in [2.05, 4.69) is 20.8 Å². The summed E-state index contributed by atoms with van der Waals surface area (Å²) in [6, 6.07) is 2.61. The Morgan fingerprint density at radius 2 is 2.04 bits per heavy atom. The number of allylic oxidation sites excluding steroid dienone is 1. The summed E-state index contributed by atoms with van der Waals surface area (Å²) in [6.45, 7) is 6.22. The van der Waals surface area contributed by atoms with E-state index in [4.69, 9.17) is 16.3 Å². The van der Waals surface area contributed by atoms with Crippen LogP contribution in [-0.2, 0) is 6.42 Å². The first-order valence-corrected chi connectivity index (χ1v) is 10.7. The van der Waals surface area contributed by atoms with Crippen molar-refractivity contribution in [2.45, 2.75) is 39.5 Å². The van der Waals surface area contributed by atoms with Gasteiger partial charge in [-0.3, -0.25) is 0 Å². The third kappa shape index (κ3) is 3.81. The number of aromatic hydroxyl groups is 2. The second-order valence-electron chi connectivity index (χ2n) is 6.89. The zero-order valence-corrected chi connectivity index (χ0v) is 17.3. The molecule has 1 heterocycles. The molecule has 0 fully saturated rings. The summed E-state index contributed by atoms with van der Waals surface area (Å²) in [6.07, 6.45) is 5.98. The number of aromatic nitrogens is 1. The third-order valence-electron chi connectivity index (χ3n) is 4.61. The molecule has 1 aliphatic carbocycles. The molecule has 1 aliphatic rings. The van der Waals surface area contributed by atoms with Gasteiger partial charge in [-0.1, -0.05) is 53.1 Å². The minimum atomic E-state index is -0.645. The molecule has 0 spiro atoms. The van der Waals surface area contributed by atoms with Crippen molar-refractivity contribution in [3.63, 3.8) is 0 Å². The lowest BCUT2D eigenvalue weighted by Gasteiger charge is -2.23. The predicted octanol–water partition coefficient (Wildman–Crippen LogP) is 5.70. The van der Waals surface area contributed by atoms with E-state index in [1.807, 2.05) is 6.08 Å². The molecule has 0 saturated heterocycles. The van der Waals surface area contributed by atoms with Crippen LogP contribution in [0.25, 0.3) is 11.8 Å². The molecule has 7 heteroatoms. The molecule has 146 valence electrons. The fraction of sp³-hybridized carbons (Fsp3) is 0.400. The summed E-state index contributed by atoms with van der Waals surface area (Å²) in [5, 5.41) is 21.3. The van der Waals surface area contributed by atoms with Gasteiger partial charge in [0.1, 0.15) is 17.4 Å². The van der Waals surface area contributed by atoms with Gasteiger partial charge in [0.2, 0.25) is 11.8 Å². The summed E-state index contributed by atoms with van der Waals surface area (Å²) in [7, 11) is 0.585. The molecule has 2 aromatic rings. The highest BCUT2D eigenvalue weighted by molar-refractivity contribution is 7.38. The molecule has 1 aromatic heterocycles. The van der Waals surface area contributed by atoms with Crippen molar-refractivity contribution < 1.29 is 19.3 Å². The fourth-order valence-electron chi connectivity index (χ4n) is 3.22. The quantitative estimate of drug-likeness (QED) is 0.599. The Morgan fingerprint density at radius 3 is 2.67 bits per heavy atom. The smallest absolute Gasteiger partial charge is 0.206 e. The summed E-state index contributed by atoms with van der Waals surface area (Å²) >= 11 is 6.21. The molecule has 2 atom stereocenters. The van der Waals surface area contributed by atoms with E-state index in [1.54, 1.807) is 6.08 Å². The van der Waals surface area contributed by atoms with Crippen LogP contribution in [0.4, 0.5) is 4.39 Å². The third-order valence-corrected chi connectivity index (χ3v) is 6.50. The first-order valence-electron chi connectivity index (χ1n) is 9.06. The highest BCUT2D eigenvalue weighted by Crippen LogP contribution is 2.43. The van der Waals surface area contributed by atoms with Crippen molar-refractivity contribution in [1.82, 2.24) is 4.57 Å².